The first-order valence-corrected chi connectivity index (χ1v) is 7.50. The van der Waals surface area contributed by atoms with Crippen LogP contribution in [0.4, 0.5) is 0 Å². The normalized spacial score (nSPS) is 32.0. The van der Waals surface area contributed by atoms with Gasteiger partial charge in [0.2, 0.25) is 0 Å². The van der Waals surface area contributed by atoms with Crippen molar-refractivity contribution in [2.24, 2.45) is 17.7 Å². The molecule has 0 saturated heterocycles. The van der Waals surface area contributed by atoms with Gasteiger partial charge in [0.1, 0.15) is 0 Å². The second-order valence-corrected chi connectivity index (χ2v) is 5.87. The number of hydrogen-bond acceptors (Lipinski definition) is 2. The molecule has 0 aliphatic heterocycles. The van der Waals surface area contributed by atoms with E-state index in [-0.39, 0.29) is 0 Å². The Balaban J connectivity index is 1.98. The summed E-state index contributed by atoms with van der Waals surface area (Å²) in [6, 6.07) is 0.463. The average Bonchev–Trinajstić information content (AvgIpc) is 2.66. The van der Waals surface area contributed by atoms with Crippen molar-refractivity contribution in [1.29, 1.82) is 0 Å². The molecule has 0 aromatic carbocycles. The van der Waals surface area contributed by atoms with Crippen molar-refractivity contribution in [2.45, 2.75) is 70.8 Å². The van der Waals surface area contributed by atoms with Gasteiger partial charge in [-0.05, 0) is 50.4 Å². The molecule has 2 heteroatoms. The van der Waals surface area contributed by atoms with E-state index >= 15 is 0 Å². The SMILES string of the molecule is CCC1CCC(C(NN)C2=CCCCCC2)C1. The zero-order valence-corrected chi connectivity index (χ0v) is 11.3. The predicted octanol–water partition coefficient (Wildman–Crippen LogP) is 3.54. The molecule has 0 spiro atoms. The number of nitrogens with two attached hydrogens (primary N) is 1. The first kappa shape index (κ1) is 13.1. The molecule has 17 heavy (non-hydrogen) atoms. The summed E-state index contributed by atoms with van der Waals surface area (Å²) in [5, 5.41) is 0. The van der Waals surface area contributed by atoms with Gasteiger partial charge in [0.25, 0.3) is 0 Å². The lowest BCUT2D eigenvalue weighted by molar-refractivity contribution is 0.379. The van der Waals surface area contributed by atoms with E-state index in [4.69, 9.17) is 5.84 Å². The fraction of sp³-hybridized carbons (Fsp3) is 0.867. The first-order chi connectivity index (χ1) is 8.35. The highest BCUT2D eigenvalue weighted by Crippen LogP contribution is 2.37. The van der Waals surface area contributed by atoms with Crippen molar-refractivity contribution in [3.8, 4) is 0 Å². The van der Waals surface area contributed by atoms with Crippen LogP contribution in [0.15, 0.2) is 11.6 Å². The summed E-state index contributed by atoms with van der Waals surface area (Å²) in [5.74, 6) is 7.56. The summed E-state index contributed by atoms with van der Waals surface area (Å²) in [7, 11) is 0. The zero-order valence-electron chi connectivity index (χ0n) is 11.3. The van der Waals surface area contributed by atoms with Crippen molar-refractivity contribution < 1.29 is 0 Å². The standard InChI is InChI=1S/C15H28N2/c1-2-12-9-10-14(11-12)15(17-16)13-7-5-3-4-6-8-13/h7,12,14-15,17H,2-6,8-11,16H2,1H3. The smallest absolute Gasteiger partial charge is 0.0448 e. The molecule has 3 atom stereocenters. The highest BCUT2D eigenvalue weighted by Gasteiger charge is 2.31. The molecule has 2 nitrogen and oxygen atoms in total. The van der Waals surface area contributed by atoms with Crippen molar-refractivity contribution in [3.05, 3.63) is 11.6 Å². The minimum atomic E-state index is 0.463. The fourth-order valence-corrected chi connectivity index (χ4v) is 3.66. The predicted molar refractivity (Wildman–Crippen MR) is 73.4 cm³/mol. The Morgan fingerprint density at radius 1 is 1.35 bits per heavy atom. The molecule has 0 aromatic rings. The van der Waals surface area contributed by atoms with Crippen LogP contribution >= 0.6 is 0 Å². The van der Waals surface area contributed by atoms with E-state index < -0.39 is 0 Å². The summed E-state index contributed by atoms with van der Waals surface area (Å²) in [6.07, 6.45) is 14.6. The molecule has 2 rings (SSSR count). The Bertz CT molecular complexity index is 260. The number of hydrazine groups is 1. The van der Waals surface area contributed by atoms with Crippen molar-refractivity contribution in [3.63, 3.8) is 0 Å². The fourth-order valence-electron chi connectivity index (χ4n) is 3.66. The van der Waals surface area contributed by atoms with Gasteiger partial charge in [-0.2, -0.15) is 0 Å². The van der Waals surface area contributed by atoms with Crippen LogP contribution < -0.4 is 11.3 Å². The summed E-state index contributed by atoms with van der Waals surface area (Å²) in [4.78, 5) is 0. The van der Waals surface area contributed by atoms with Gasteiger partial charge in [0.15, 0.2) is 0 Å². The highest BCUT2D eigenvalue weighted by molar-refractivity contribution is 5.14. The van der Waals surface area contributed by atoms with E-state index in [1.165, 1.54) is 57.8 Å². The Morgan fingerprint density at radius 3 is 2.94 bits per heavy atom. The maximum atomic E-state index is 5.83. The van der Waals surface area contributed by atoms with E-state index in [9.17, 15) is 0 Å². The van der Waals surface area contributed by atoms with Crippen LogP contribution in [0.5, 0.6) is 0 Å². The summed E-state index contributed by atoms with van der Waals surface area (Å²) in [6.45, 7) is 2.32. The van der Waals surface area contributed by atoms with Gasteiger partial charge in [0.05, 0.1) is 0 Å². The van der Waals surface area contributed by atoms with Gasteiger partial charge < -0.3 is 0 Å². The molecule has 0 aromatic heterocycles. The third kappa shape index (κ3) is 3.32. The quantitative estimate of drug-likeness (QED) is 0.445. The van der Waals surface area contributed by atoms with Crippen LogP contribution in [0.25, 0.3) is 0 Å². The lowest BCUT2D eigenvalue weighted by Gasteiger charge is -2.25. The summed E-state index contributed by atoms with van der Waals surface area (Å²) < 4.78 is 0. The maximum absolute atomic E-state index is 5.83. The molecule has 98 valence electrons. The van der Waals surface area contributed by atoms with Crippen LogP contribution in [-0.2, 0) is 0 Å². The molecule has 2 aliphatic rings. The van der Waals surface area contributed by atoms with E-state index in [0.717, 1.165) is 11.8 Å². The van der Waals surface area contributed by atoms with Crippen molar-refractivity contribution in [2.75, 3.05) is 0 Å². The third-order valence-electron chi connectivity index (χ3n) is 4.79. The number of rotatable bonds is 4. The van der Waals surface area contributed by atoms with Crippen LogP contribution in [-0.4, -0.2) is 6.04 Å². The molecule has 0 bridgehead atoms. The van der Waals surface area contributed by atoms with E-state index in [1.54, 1.807) is 5.57 Å². The number of hydrogen-bond donors (Lipinski definition) is 2. The van der Waals surface area contributed by atoms with E-state index in [0.29, 0.717) is 6.04 Å². The van der Waals surface area contributed by atoms with Gasteiger partial charge in [-0.15, -0.1) is 0 Å². The topological polar surface area (TPSA) is 38.0 Å². The zero-order chi connectivity index (χ0) is 12.1. The van der Waals surface area contributed by atoms with Crippen LogP contribution in [0.3, 0.4) is 0 Å². The molecular weight excluding hydrogens is 208 g/mol. The van der Waals surface area contributed by atoms with E-state index in [2.05, 4.69) is 18.4 Å². The van der Waals surface area contributed by atoms with Gasteiger partial charge in [-0.3, -0.25) is 11.3 Å². The molecule has 0 radical (unpaired) electrons. The van der Waals surface area contributed by atoms with E-state index in [1.807, 2.05) is 0 Å². The Kier molecular flexibility index (Phi) is 5.05. The average molecular weight is 236 g/mol. The van der Waals surface area contributed by atoms with Gasteiger partial charge in [-0.1, -0.05) is 37.8 Å². The molecular formula is C15H28N2. The largest absolute Gasteiger partial charge is 0.271 e. The summed E-state index contributed by atoms with van der Waals surface area (Å²) in [5.41, 5.74) is 4.72. The second kappa shape index (κ2) is 6.55. The second-order valence-electron chi connectivity index (χ2n) is 5.87. The molecule has 2 aliphatic carbocycles. The summed E-state index contributed by atoms with van der Waals surface area (Å²) >= 11 is 0. The van der Waals surface area contributed by atoms with Crippen LogP contribution in [0.2, 0.25) is 0 Å². The Morgan fingerprint density at radius 2 is 2.24 bits per heavy atom. The van der Waals surface area contributed by atoms with Crippen LogP contribution in [0, 0.1) is 11.8 Å². The number of nitrogens with one attached hydrogen (secondary N) is 1. The number of allylic oxidation sites excluding steroid dienone is 1. The first-order valence-electron chi connectivity index (χ1n) is 7.50. The molecule has 3 unspecified atom stereocenters. The molecule has 3 N–H and O–H groups in total. The molecule has 1 saturated carbocycles. The maximum Gasteiger partial charge on any atom is 0.0448 e. The lowest BCUT2D eigenvalue weighted by Crippen LogP contribution is -2.41. The van der Waals surface area contributed by atoms with Gasteiger partial charge in [-0.25, -0.2) is 0 Å². The highest BCUT2D eigenvalue weighted by atomic mass is 15.2. The van der Waals surface area contributed by atoms with Crippen molar-refractivity contribution >= 4 is 0 Å². The van der Waals surface area contributed by atoms with Crippen molar-refractivity contribution in [1.82, 2.24) is 5.43 Å². The minimum Gasteiger partial charge on any atom is -0.271 e. The molecule has 0 amide bonds. The minimum absolute atomic E-state index is 0.463. The lowest BCUT2D eigenvalue weighted by atomic mass is 9.88. The van der Waals surface area contributed by atoms with Gasteiger partial charge >= 0.3 is 0 Å². The Hall–Kier alpha value is -0.340. The molecule has 0 heterocycles. The Labute approximate surface area is 106 Å². The van der Waals surface area contributed by atoms with Gasteiger partial charge in [0, 0.05) is 6.04 Å². The molecule has 1 fully saturated rings. The third-order valence-corrected chi connectivity index (χ3v) is 4.79. The monoisotopic (exact) mass is 236 g/mol. The van der Waals surface area contributed by atoms with Crippen LogP contribution in [0.1, 0.15) is 64.7 Å².